The predicted octanol–water partition coefficient (Wildman–Crippen LogP) is 3.09. The van der Waals surface area contributed by atoms with E-state index in [0.29, 0.717) is 6.42 Å². The summed E-state index contributed by atoms with van der Waals surface area (Å²) in [7, 11) is -1.34. The van der Waals surface area contributed by atoms with Crippen LogP contribution in [-0.2, 0) is 4.43 Å². The molecule has 1 aliphatic carbocycles. The van der Waals surface area contributed by atoms with Gasteiger partial charge in [0.2, 0.25) is 0 Å². The maximum absolute atomic E-state index is 10.00. The molecule has 0 saturated heterocycles. The first kappa shape index (κ1) is 16.9. The minimum atomic E-state index is -1.34. The molecule has 1 rings (SSSR count). The monoisotopic (exact) mass is 286 g/mol. The number of unbranched alkanes of at least 4 members (excludes halogenated alkanes) is 3. The number of aliphatic hydroxyl groups is 2. The zero-order valence-electron chi connectivity index (χ0n) is 12.6. The van der Waals surface area contributed by atoms with Gasteiger partial charge in [0.15, 0.2) is 8.32 Å². The van der Waals surface area contributed by atoms with Crippen molar-refractivity contribution in [2.75, 3.05) is 6.61 Å². The molecule has 19 heavy (non-hydrogen) atoms. The zero-order chi connectivity index (χ0) is 14.3. The first-order valence-electron chi connectivity index (χ1n) is 7.57. The molecule has 0 aromatic rings. The van der Waals surface area contributed by atoms with E-state index in [0.717, 1.165) is 32.3 Å². The van der Waals surface area contributed by atoms with Crippen LogP contribution >= 0.6 is 0 Å². The Balaban J connectivity index is 1.97. The molecule has 0 aromatic carbocycles. The van der Waals surface area contributed by atoms with Gasteiger partial charge < -0.3 is 14.6 Å². The Hall–Kier alpha value is -0.163. The van der Waals surface area contributed by atoms with Crippen molar-refractivity contribution in [1.29, 1.82) is 0 Å². The van der Waals surface area contributed by atoms with E-state index in [1.807, 2.05) is 12.2 Å². The smallest absolute Gasteiger partial charge is 0.183 e. The molecule has 0 spiro atoms. The van der Waals surface area contributed by atoms with Crippen molar-refractivity contribution in [3.8, 4) is 0 Å². The summed E-state index contributed by atoms with van der Waals surface area (Å²) in [6.07, 6.45) is 9.10. The maximum atomic E-state index is 10.00. The highest BCUT2D eigenvalue weighted by molar-refractivity contribution is 6.69. The van der Waals surface area contributed by atoms with E-state index in [-0.39, 0.29) is 18.1 Å². The van der Waals surface area contributed by atoms with Crippen LogP contribution in [-0.4, -0.2) is 37.3 Å². The highest BCUT2D eigenvalue weighted by atomic mass is 28.4. The highest BCUT2D eigenvalue weighted by Crippen LogP contribution is 2.24. The van der Waals surface area contributed by atoms with E-state index in [9.17, 15) is 10.2 Å². The summed E-state index contributed by atoms with van der Waals surface area (Å²) in [6.45, 7) is 7.51. The third-order valence-corrected chi connectivity index (χ3v) is 4.62. The molecule has 0 bridgehead atoms. The molecule has 2 N–H and O–H groups in total. The lowest BCUT2D eigenvalue weighted by Crippen LogP contribution is -2.27. The molecular weight excluding hydrogens is 256 g/mol. The van der Waals surface area contributed by atoms with Gasteiger partial charge in [0, 0.05) is 12.5 Å². The van der Waals surface area contributed by atoms with Crippen LogP contribution in [0, 0.1) is 5.92 Å². The Morgan fingerprint density at radius 1 is 1.21 bits per heavy atom. The van der Waals surface area contributed by atoms with Crippen LogP contribution < -0.4 is 0 Å². The number of hydrogen-bond acceptors (Lipinski definition) is 3. The summed E-state index contributed by atoms with van der Waals surface area (Å²) >= 11 is 0. The fourth-order valence-electron chi connectivity index (χ4n) is 2.43. The Labute approximate surface area is 118 Å². The summed E-state index contributed by atoms with van der Waals surface area (Å²) in [4.78, 5) is 0. The van der Waals surface area contributed by atoms with Gasteiger partial charge in [-0.1, -0.05) is 31.4 Å². The van der Waals surface area contributed by atoms with Gasteiger partial charge in [-0.05, 0) is 38.9 Å². The van der Waals surface area contributed by atoms with Gasteiger partial charge in [-0.15, -0.1) is 0 Å². The fraction of sp³-hybridized carbons (Fsp3) is 0.867. The minimum absolute atomic E-state index is 0.0461. The van der Waals surface area contributed by atoms with E-state index in [1.54, 1.807) is 0 Å². The molecule has 4 heteroatoms. The van der Waals surface area contributed by atoms with Crippen molar-refractivity contribution in [2.45, 2.75) is 70.4 Å². The van der Waals surface area contributed by atoms with Crippen LogP contribution in [0.25, 0.3) is 0 Å². The molecular formula is C15H30O3Si. The third-order valence-electron chi connectivity index (χ3n) is 3.55. The van der Waals surface area contributed by atoms with Crippen molar-refractivity contribution >= 4 is 8.32 Å². The fourth-order valence-corrected chi connectivity index (χ4v) is 3.18. The van der Waals surface area contributed by atoms with Crippen molar-refractivity contribution in [2.24, 2.45) is 5.92 Å². The molecule has 3 nitrogen and oxygen atoms in total. The van der Waals surface area contributed by atoms with Gasteiger partial charge in [-0.2, -0.15) is 0 Å². The topological polar surface area (TPSA) is 49.7 Å². The maximum Gasteiger partial charge on any atom is 0.183 e. The SMILES string of the molecule is C[Si](C)(C)OCCCCCCC(O)[C@@H]1C=CC[C@H]1O. The van der Waals surface area contributed by atoms with Crippen molar-refractivity contribution in [3.05, 3.63) is 12.2 Å². The van der Waals surface area contributed by atoms with Crippen LogP contribution in [0.2, 0.25) is 19.6 Å². The van der Waals surface area contributed by atoms with Crippen LogP contribution in [0.1, 0.15) is 38.5 Å². The van der Waals surface area contributed by atoms with Crippen molar-refractivity contribution in [1.82, 2.24) is 0 Å². The normalized spacial score (nSPS) is 24.9. The van der Waals surface area contributed by atoms with E-state index >= 15 is 0 Å². The minimum Gasteiger partial charge on any atom is -0.418 e. The second-order valence-electron chi connectivity index (χ2n) is 6.54. The van der Waals surface area contributed by atoms with Gasteiger partial charge in [-0.3, -0.25) is 0 Å². The van der Waals surface area contributed by atoms with Crippen LogP contribution in [0.3, 0.4) is 0 Å². The van der Waals surface area contributed by atoms with E-state index in [4.69, 9.17) is 4.43 Å². The Morgan fingerprint density at radius 2 is 1.89 bits per heavy atom. The van der Waals surface area contributed by atoms with Gasteiger partial charge >= 0.3 is 0 Å². The van der Waals surface area contributed by atoms with Gasteiger partial charge in [0.25, 0.3) is 0 Å². The molecule has 0 fully saturated rings. The standard InChI is InChI=1S/C15H30O3Si/c1-19(2,3)18-12-7-5-4-6-10-14(16)13-9-8-11-15(13)17/h8-9,13-17H,4-7,10-12H2,1-3H3/t13-,14?,15+/m0/s1. The van der Waals surface area contributed by atoms with Crippen LogP contribution in [0.15, 0.2) is 12.2 Å². The Kier molecular flexibility index (Phi) is 7.29. The second kappa shape index (κ2) is 8.20. The summed E-state index contributed by atoms with van der Waals surface area (Å²) in [5.41, 5.74) is 0. The molecule has 1 aliphatic rings. The van der Waals surface area contributed by atoms with Crippen LogP contribution in [0.4, 0.5) is 0 Å². The number of rotatable bonds is 9. The zero-order valence-corrected chi connectivity index (χ0v) is 13.6. The average molecular weight is 286 g/mol. The van der Waals surface area contributed by atoms with E-state index in [2.05, 4.69) is 19.6 Å². The quantitative estimate of drug-likeness (QED) is 0.389. The molecule has 0 amide bonds. The van der Waals surface area contributed by atoms with Crippen LogP contribution in [0.5, 0.6) is 0 Å². The van der Waals surface area contributed by atoms with Gasteiger partial charge in [0.1, 0.15) is 0 Å². The molecule has 0 aliphatic heterocycles. The summed E-state index contributed by atoms with van der Waals surface area (Å²) < 4.78 is 5.80. The van der Waals surface area contributed by atoms with Gasteiger partial charge in [0.05, 0.1) is 12.2 Å². The summed E-state index contributed by atoms with van der Waals surface area (Å²) in [6, 6.07) is 0. The summed E-state index contributed by atoms with van der Waals surface area (Å²) in [5.74, 6) is -0.0461. The lowest BCUT2D eigenvalue weighted by molar-refractivity contribution is 0.0402. The molecule has 112 valence electrons. The molecule has 3 atom stereocenters. The Morgan fingerprint density at radius 3 is 2.47 bits per heavy atom. The van der Waals surface area contributed by atoms with Gasteiger partial charge in [-0.25, -0.2) is 0 Å². The van der Waals surface area contributed by atoms with Crippen molar-refractivity contribution in [3.63, 3.8) is 0 Å². The van der Waals surface area contributed by atoms with E-state index in [1.165, 1.54) is 6.42 Å². The predicted molar refractivity (Wildman–Crippen MR) is 81.6 cm³/mol. The summed E-state index contributed by atoms with van der Waals surface area (Å²) in [5, 5.41) is 19.7. The second-order valence-corrected chi connectivity index (χ2v) is 11.1. The molecule has 0 heterocycles. The highest BCUT2D eigenvalue weighted by Gasteiger charge is 2.26. The Bertz CT molecular complexity index is 273. The largest absolute Gasteiger partial charge is 0.418 e. The average Bonchev–Trinajstić information content (AvgIpc) is 2.72. The molecule has 0 saturated carbocycles. The molecule has 0 radical (unpaired) electrons. The number of hydrogen-bond donors (Lipinski definition) is 2. The third kappa shape index (κ3) is 7.25. The lowest BCUT2D eigenvalue weighted by Gasteiger charge is -2.20. The lowest BCUT2D eigenvalue weighted by atomic mass is 9.95. The van der Waals surface area contributed by atoms with Crippen molar-refractivity contribution < 1.29 is 14.6 Å². The first-order valence-corrected chi connectivity index (χ1v) is 11.0. The van der Waals surface area contributed by atoms with E-state index < -0.39 is 8.32 Å². The number of aliphatic hydroxyl groups excluding tert-OH is 2. The first-order chi connectivity index (χ1) is 8.90. The molecule has 0 aromatic heterocycles. The molecule has 1 unspecified atom stereocenters.